The van der Waals surface area contributed by atoms with E-state index in [1.54, 1.807) is 12.1 Å². The lowest BCUT2D eigenvalue weighted by atomic mass is 10.0. The van der Waals surface area contributed by atoms with E-state index in [2.05, 4.69) is 71.7 Å². The van der Waals surface area contributed by atoms with E-state index in [-0.39, 0.29) is 52.3 Å². The van der Waals surface area contributed by atoms with Crippen molar-refractivity contribution >= 4 is 59.0 Å². The average molecular weight is 794 g/mol. The van der Waals surface area contributed by atoms with Crippen molar-refractivity contribution in [1.29, 1.82) is 0 Å². The standard InChI is InChI=1S/C40H60N6O7Si2/c1-7-11-14-28(9-3)26-52-36(49)32-18-16-30(24-34(32)47)42-39-44-38(41-20-13-21-55(51)23-22-54(5)6)45-40(46-39)43-31-17-19-33(35(48)25-31)37(50)53-27-29(10-4)15-12-8-2/h16-19,24-25,28-29H,7-15,20-23,26-27H2,1-6H3,(H4-,41,42,43,44,45,46,47,48,49,50)/p+1. The highest BCUT2D eigenvalue weighted by Gasteiger charge is 2.21. The number of carbonyl (C=O) groups is 2. The second-order valence-electron chi connectivity index (χ2n) is 14.3. The summed E-state index contributed by atoms with van der Waals surface area (Å²) < 4.78 is 11.1. The van der Waals surface area contributed by atoms with Crippen molar-refractivity contribution in [2.45, 2.75) is 117 Å². The number of nitrogens with zero attached hydrogens (tertiary/aromatic N) is 3. The number of hydrogen-bond donors (Lipinski definition) is 5. The molecule has 3 aromatic rings. The molecule has 1 aromatic heterocycles. The molecule has 15 heteroatoms. The Morgan fingerprint density at radius 1 is 0.709 bits per heavy atom. The van der Waals surface area contributed by atoms with E-state index in [1.165, 1.54) is 24.3 Å². The molecule has 2 aromatic carbocycles. The third-order valence-corrected chi connectivity index (χ3v) is 12.9. The first-order chi connectivity index (χ1) is 26.5. The first kappa shape index (κ1) is 45.2. The highest BCUT2D eigenvalue weighted by Crippen LogP contribution is 2.28. The number of carbonyl (C=O) groups excluding carboxylic acids is 2. The van der Waals surface area contributed by atoms with E-state index in [4.69, 9.17) is 9.47 Å². The monoisotopic (exact) mass is 793 g/mol. The van der Waals surface area contributed by atoms with Gasteiger partial charge in [-0.05, 0) is 55.4 Å². The number of nitrogens with one attached hydrogen (secondary N) is 3. The van der Waals surface area contributed by atoms with Gasteiger partial charge < -0.3 is 40.4 Å². The fourth-order valence-electron chi connectivity index (χ4n) is 5.73. The van der Waals surface area contributed by atoms with Gasteiger partial charge in [-0.25, -0.2) is 9.59 Å². The predicted octanol–water partition coefficient (Wildman–Crippen LogP) is 8.42. The molecule has 0 radical (unpaired) electrons. The summed E-state index contributed by atoms with van der Waals surface area (Å²) in [6.45, 7) is 13.9. The van der Waals surface area contributed by atoms with Crippen molar-refractivity contribution in [3.63, 3.8) is 0 Å². The molecular weight excluding hydrogens is 733 g/mol. The normalized spacial score (nSPS) is 12.1. The Morgan fingerprint density at radius 3 is 1.60 bits per heavy atom. The Labute approximate surface area is 330 Å². The molecule has 300 valence electrons. The Morgan fingerprint density at radius 2 is 1.18 bits per heavy atom. The van der Waals surface area contributed by atoms with Gasteiger partial charge in [0.1, 0.15) is 22.6 Å². The zero-order chi connectivity index (χ0) is 40.2. The molecule has 0 spiro atoms. The number of rotatable bonds is 26. The Hall–Kier alpha value is -4.22. The van der Waals surface area contributed by atoms with E-state index in [9.17, 15) is 24.6 Å². The summed E-state index contributed by atoms with van der Waals surface area (Å²) in [5, 5.41) is 30.8. The van der Waals surface area contributed by atoms with Crippen LogP contribution in [0.25, 0.3) is 0 Å². The fourth-order valence-corrected chi connectivity index (χ4v) is 9.66. The number of aromatic hydroxyl groups is 2. The van der Waals surface area contributed by atoms with Gasteiger partial charge in [-0.3, -0.25) is 0 Å². The highest BCUT2D eigenvalue weighted by molar-refractivity contribution is 6.59. The van der Waals surface area contributed by atoms with Crippen LogP contribution in [0.15, 0.2) is 36.4 Å². The van der Waals surface area contributed by atoms with Crippen LogP contribution >= 0.6 is 0 Å². The van der Waals surface area contributed by atoms with Crippen molar-refractivity contribution in [2.75, 3.05) is 35.7 Å². The zero-order valence-electron chi connectivity index (χ0n) is 33.5. The van der Waals surface area contributed by atoms with Crippen LogP contribution < -0.4 is 20.7 Å². The quantitative estimate of drug-likeness (QED) is 0.0296. The van der Waals surface area contributed by atoms with Crippen molar-refractivity contribution in [2.24, 2.45) is 11.8 Å². The summed E-state index contributed by atoms with van der Waals surface area (Å²) in [5.41, 5.74) is 0.940. The number of anilines is 5. The minimum atomic E-state index is -1.64. The lowest BCUT2D eigenvalue weighted by Gasteiger charge is -2.15. The molecule has 0 saturated carbocycles. The maximum absolute atomic E-state index is 12.8. The molecule has 0 bridgehead atoms. The number of hydrogen-bond acceptors (Lipinski definition) is 13. The predicted molar refractivity (Wildman–Crippen MR) is 221 cm³/mol. The van der Waals surface area contributed by atoms with Gasteiger partial charge in [0.15, 0.2) is 0 Å². The number of phenolic OH excluding ortho intramolecular Hbond substituents is 2. The zero-order valence-corrected chi connectivity index (χ0v) is 35.5. The maximum atomic E-state index is 12.8. The van der Waals surface area contributed by atoms with Crippen LogP contribution in [-0.2, 0) is 9.47 Å². The molecule has 3 rings (SSSR count). The Bertz CT molecular complexity index is 1530. The first-order valence-corrected chi connectivity index (χ1v) is 24.3. The molecule has 2 unspecified atom stereocenters. The van der Waals surface area contributed by atoms with Crippen molar-refractivity contribution in [3.8, 4) is 11.5 Å². The van der Waals surface area contributed by atoms with Gasteiger partial charge in [0.05, 0.1) is 44.4 Å². The van der Waals surface area contributed by atoms with Crippen LogP contribution in [0, 0.1) is 11.8 Å². The summed E-state index contributed by atoms with van der Waals surface area (Å²) in [6.07, 6.45) is 8.73. The number of phenols is 2. The molecule has 0 aliphatic rings. The van der Waals surface area contributed by atoms with Crippen LogP contribution in [0.2, 0.25) is 31.2 Å². The van der Waals surface area contributed by atoms with E-state index >= 15 is 0 Å². The number of aromatic nitrogens is 3. The Kier molecular flexibility index (Phi) is 20.0. The van der Waals surface area contributed by atoms with Crippen molar-refractivity contribution < 1.29 is 34.1 Å². The van der Waals surface area contributed by atoms with Crippen LogP contribution in [0.4, 0.5) is 29.2 Å². The molecule has 2 atom stereocenters. The molecule has 5 N–H and O–H groups in total. The molecule has 55 heavy (non-hydrogen) atoms. The summed E-state index contributed by atoms with van der Waals surface area (Å²) in [7, 11) is -2.05. The summed E-state index contributed by atoms with van der Waals surface area (Å²) >= 11 is 0. The summed E-state index contributed by atoms with van der Waals surface area (Å²) in [5.74, 6) is -0.652. The maximum Gasteiger partial charge on any atom is 0.341 e. The van der Waals surface area contributed by atoms with Gasteiger partial charge in [0, 0.05) is 30.1 Å². The molecule has 0 fully saturated rings. The molecule has 0 amide bonds. The van der Waals surface area contributed by atoms with E-state index in [0.717, 1.165) is 63.5 Å². The van der Waals surface area contributed by atoms with Gasteiger partial charge in [-0.1, -0.05) is 66.2 Å². The lowest BCUT2D eigenvalue weighted by Crippen LogP contribution is -2.31. The van der Waals surface area contributed by atoms with Crippen molar-refractivity contribution in [1.82, 2.24) is 15.0 Å². The molecule has 13 nitrogen and oxygen atoms in total. The topological polar surface area (TPSA) is 191 Å². The number of benzene rings is 2. The van der Waals surface area contributed by atoms with Gasteiger partial charge in [-0.2, -0.15) is 15.0 Å². The Balaban J connectivity index is 1.76. The third kappa shape index (κ3) is 16.2. The number of unbranched alkanes of at least 4 members (excludes halogenated alkanes) is 2. The second kappa shape index (κ2) is 24.3. The fraction of sp³-hybridized carbons (Fsp3) is 0.575. The van der Waals surface area contributed by atoms with Gasteiger partial charge >= 0.3 is 20.7 Å². The van der Waals surface area contributed by atoms with Gasteiger partial charge in [0.2, 0.25) is 17.8 Å². The largest absolute Gasteiger partial charge is 0.693 e. The number of esters is 2. The minimum Gasteiger partial charge on any atom is -0.693 e. The van der Waals surface area contributed by atoms with Gasteiger partial charge in [-0.15, -0.1) is 0 Å². The third-order valence-electron chi connectivity index (χ3n) is 9.39. The van der Waals surface area contributed by atoms with E-state index in [0.29, 0.717) is 43.6 Å². The summed E-state index contributed by atoms with van der Waals surface area (Å²) in [6, 6.07) is 11.5. The number of ether oxygens (including phenoxy) is 2. The molecule has 0 saturated heterocycles. The summed E-state index contributed by atoms with van der Waals surface area (Å²) in [4.78, 5) is 51.6. The molecule has 0 aliphatic heterocycles. The minimum absolute atomic E-state index is 0.0551. The average Bonchev–Trinajstić information content (AvgIpc) is 3.15. The SMILES string of the molecule is CCCCC(CC)COC(=O)c1ccc(Nc2nc(NCCC[Si+]([O-])CC[Si+](C)C)nc(Nc3ccc(C(=O)OCC(CC)CCCC)c(O)c3)n2)cc1O. The van der Waals surface area contributed by atoms with E-state index < -0.39 is 29.8 Å². The van der Waals surface area contributed by atoms with Crippen LogP contribution in [0.3, 0.4) is 0 Å². The smallest absolute Gasteiger partial charge is 0.341 e. The van der Waals surface area contributed by atoms with Gasteiger partial charge in [0.25, 0.3) is 9.04 Å². The second-order valence-corrected chi connectivity index (χ2v) is 19.3. The lowest BCUT2D eigenvalue weighted by molar-refractivity contribution is -0.194. The van der Waals surface area contributed by atoms with E-state index in [1.807, 2.05) is 0 Å². The molecule has 1 heterocycles. The van der Waals surface area contributed by atoms with Crippen LogP contribution in [-0.4, -0.2) is 74.7 Å². The first-order valence-electron chi connectivity index (χ1n) is 19.8. The molecular formula is C40H61N6O7Si2+. The molecule has 0 aliphatic carbocycles. The van der Waals surface area contributed by atoms with Crippen LogP contribution in [0.1, 0.15) is 106 Å². The highest BCUT2D eigenvalue weighted by atomic mass is 28.3. The van der Waals surface area contributed by atoms with Crippen molar-refractivity contribution in [3.05, 3.63) is 47.5 Å². The van der Waals surface area contributed by atoms with Crippen LogP contribution in [0.5, 0.6) is 11.5 Å².